The van der Waals surface area contributed by atoms with Crippen molar-refractivity contribution in [2.45, 2.75) is 82.2 Å². The molecule has 1 atom stereocenters. The number of hydrogen-bond acceptors (Lipinski definition) is 7. The summed E-state index contributed by atoms with van der Waals surface area (Å²) in [5, 5.41) is 16.2. The minimum Gasteiger partial charge on any atom is -0.480 e. The first kappa shape index (κ1) is 23.0. The number of fused-ring (bicyclic) bond motifs is 1. The maximum Gasteiger partial charge on any atom is 0.326 e. The first-order chi connectivity index (χ1) is 16.7. The highest BCUT2D eigenvalue weighted by Crippen LogP contribution is 2.39. The molecule has 8 heteroatoms. The van der Waals surface area contributed by atoms with Crippen molar-refractivity contribution in [1.29, 1.82) is 0 Å². The Bertz CT molecular complexity index is 974. The standard InChI is InChI=1S/C26H36N6O2/c33-25(34)23(31-26-28-16-20(17-29-26)18-6-7-18)12-15-32(22-10-11-22)14-2-1-5-21-9-8-19-4-3-13-27-24(19)30-21/h8-9,16-18,22-23H,1-7,10-15H2,(H,27,30)(H,33,34)(H,28,29,31)/t23-/m0/s1. The van der Waals surface area contributed by atoms with Crippen LogP contribution in [0.15, 0.2) is 24.5 Å². The van der Waals surface area contributed by atoms with E-state index in [9.17, 15) is 9.90 Å². The second-order valence-corrected chi connectivity index (χ2v) is 10.0. The summed E-state index contributed by atoms with van der Waals surface area (Å²) in [5.41, 5.74) is 3.65. The zero-order chi connectivity index (χ0) is 23.3. The lowest BCUT2D eigenvalue weighted by atomic mass is 10.1. The molecule has 2 aliphatic carbocycles. The van der Waals surface area contributed by atoms with E-state index in [2.05, 4.69) is 37.6 Å². The summed E-state index contributed by atoms with van der Waals surface area (Å²) >= 11 is 0. The zero-order valence-corrected chi connectivity index (χ0v) is 19.9. The molecular weight excluding hydrogens is 428 g/mol. The molecule has 3 N–H and O–H groups in total. The number of nitrogens with one attached hydrogen (secondary N) is 2. The van der Waals surface area contributed by atoms with Gasteiger partial charge in [-0.15, -0.1) is 0 Å². The van der Waals surface area contributed by atoms with Crippen molar-refractivity contribution in [2.24, 2.45) is 0 Å². The Kier molecular flexibility index (Phi) is 7.23. The maximum atomic E-state index is 11.9. The van der Waals surface area contributed by atoms with E-state index < -0.39 is 12.0 Å². The summed E-state index contributed by atoms with van der Waals surface area (Å²) in [6, 6.07) is 4.32. The topological polar surface area (TPSA) is 103 Å². The number of pyridine rings is 1. The normalized spacial score (nSPS) is 18.3. The molecule has 3 heterocycles. The Morgan fingerprint density at radius 2 is 1.97 bits per heavy atom. The fourth-order valence-corrected chi connectivity index (χ4v) is 4.79. The van der Waals surface area contributed by atoms with Gasteiger partial charge in [-0.2, -0.15) is 0 Å². The van der Waals surface area contributed by atoms with E-state index >= 15 is 0 Å². The van der Waals surface area contributed by atoms with Crippen LogP contribution < -0.4 is 10.6 Å². The lowest BCUT2D eigenvalue weighted by Crippen LogP contribution is -2.36. The number of carboxylic acid groups (broad SMARTS) is 1. The lowest BCUT2D eigenvalue weighted by molar-refractivity contribution is -0.138. The number of aromatic nitrogens is 3. The van der Waals surface area contributed by atoms with Crippen LogP contribution >= 0.6 is 0 Å². The average Bonchev–Trinajstić information content (AvgIpc) is 3.76. The van der Waals surface area contributed by atoms with Crippen molar-refractivity contribution in [3.63, 3.8) is 0 Å². The highest BCUT2D eigenvalue weighted by molar-refractivity contribution is 5.76. The summed E-state index contributed by atoms with van der Waals surface area (Å²) in [4.78, 5) is 27.8. The molecule has 2 saturated carbocycles. The van der Waals surface area contributed by atoms with Gasteiger partial charge >= 0.3 is 5.97 Å². The fourth-order valence-electron chi connectivity index (χ4n) is 4.79. The van der Waals surface area contributed by atoms with Crippen molar-refractivity contribution in [2.75, 3.05) is 30.3 Å². The molecule has 0 unspecified atom stereocenters. The molecule has 2 fully saturated rings. The van der Waals surface area contributed by atoms with Gasteiger partial charge in [0.15, 0.2) is 0 Å². The third kappa shape index (κ3) is 6.23. The van der Waals surface area contributed by atoms with E-state index in [4.69, 9.17) is 4.98 Å². The minimum absolute atomic E-state index is 0.404. The Balaban J connectivity index is 1.07. The van der Waals surface area contributed by atoms with Crippen molar-refractivity contribution >= 4 is 17.7 Å². The molecule has 0 saturated heterocycles. The quantitative estimate of drug-likeness (QED) is 0.384. The molecule has 2 aromatic rings. The Labute approximate surface area is 201 Å². The number of unbranched alkanes of at least 4 members (excludes halogenated alkanes) is 1. The van der Waals surface area contributed by atoms with Crippen LogP contribution in [0.4, 0.5) is 11.8 Å². The molecule has 0 aromatic carbocycles. The van der Waals surface area contributed by atoms with Gasteiger partial charge in [0.1, 0.15) is 11.9 Å². The predicted molar refractivity (Wildman–Crippen MR) is 132 cm³/mol. The van der Waals surface area contributed by atoms with Gasteiger partial charge in [-0.3, -0.25) is 0 Å². The largest absolute Gasteiger partial charge is 0.480 e. The molecule has 2 aromatic heterocycles. The summed E-state index contributed by atoms with van der Waals surface area (Å²) in [6.07, 6.45) is 14.5. The Morgan fingerprint density at radius 3 is 2.71 bits per heavy atom. The van der Waals surface area contributed by atoms with Crippen LogP contribution in [0.5, 0.6) is 0 Å². The number of anilines is 2. The first-order valence-electron chi connectivity index (χ1n) is 12.9. The van der Waals surface area contributed by atoms with E-state index in [-0.39, 0.29) is 0 Å². The van der Waals surface area contributed by atoms with E-state index in [1.807, 2.05) is 12.4 Å². The third-order valence-electron chi connectivity index (χ3n) is 7.17. The van der Waals surface area contributed by atoms with E-state index in [1.165, 1.54) is 37.7 Å². The number of aliphatic carboxylic acids is 1. The van der Waals surface area contributed by atoms with Crippen molar-refractivity contribution in [3.8, 4) is 0 Å². The lowest BCUT2D eigenvalue weighted by Gasteiger charge is -2.24. The molecule has 182 valence electrons. The van der Waals surface area contributed by atoms with Crippen LogP contribution in [-0.4, -0.2) is 62.6 Å². The van der Waals surface area contributed by atoms with Crippen molar-refractivity contribution in [3.05, 3.63) is 41.3 Å². The summed E-state index contributed by atoms with van der Waals surface area (Å²) in [7, 11) is 0. The number of aryl methyl sites for hydroxylation is 2. The number of carboxylic acids is 1. The van der Waals surface area contributed by atoms with Gasteiger partial charge in [-0.25, -0.2) is 19.7 Å². The number of carbonyl (C=O) groups is 1. The van der Waals surface area contributed by atoms with Crippen LogP contribution in [0, 0.1) is 0 Å². The average molecular weight is 465 g/mol. The van der Waals surface area contributed by atoms with Gasteiger partial charge in [0, 0.05) is 37.2 Å². The summed E-state index contributed by atoms with van der Waals surface area (Å²) < 4.78 is 0. The fraction of sp³-hybridized carbons (Fsp3) is 0.615. The molecule has 34 heavy (non-hydrogen) atoms. The van der Waals surface area contributed by atoms with Crippen LogP contribution in [0.1, 0.15) is 74.1 Å². The Hall–Kier alpha value is -2.74. The summed E-state index contributed by atoms with van der Waals surface area (Å²) in [6.45, 7) is 2.80. The van der Waals surface area contributed by atoms with E-state index in [0.717, 1.165) is 62.4 Å². The van der Waals surface area contributed by atoms with Gasteiger partial charge in [0.05, 0.1) is 0 Å². The number of nitrogens with zero attached hydrogens (tertiary/aromatic N) is 4. The van der Waals surface area contributed by atoms with Gasteiger partial charge in [0.2, 0.25) is 5.95 Å². The van der Waals surface area contributed by atoms with Crippen LogP contribution in [0.25, 0.3) is 0 Å². The zero-order valence-electron chi connectivity index (χ0n) is 19.9. The van der Waals surface area contributed by atoms with Crippen LogP contribution in [-0.2, 0) is 17.6 Å². The Morgan fingerprint density at radius 1 is 1.15 bits per heavy atom. The first-order valence-corrected chi connectivity index (χ1v) is 12.9. The monoisotopic (exact) mass is 464 g/mol. The van der Waals surface area contributed by atoms with Crippen LogP contribution in [0.3, 0.4) is 0 Å². The van der Waals surface area contributed by atoms with Crippen molar-refractivity contribution < 1.29 is 9.90 Å². The molecule has 5 rings (SSSR count). The van der Waals surface area contributed by atoms with Gasteiger partial charge < -0.3 is 20.6 Å². The number of hydrogen-bond donors (Lipinski definition) is 3. The number of rotatable bonds is 13. The predicted octanol–water partition coefficient (Wildman–Crippen LogP) is 3.85. The molecule has 0 amide bonds. The molecule has 3 aliphatic rings. The third-order valence-corrected chi connectivity index (χ3v) is 7.17. The smallest absolute Gasteiger partial charge is 0.326 e. The molecular formula is C26H36N6O2. The second-order valence-electron chi connectivity index (χ2n) is 10.0. The highest BCUT2D eigenvalue weighted by atomic mass is 16.4. The molecule has 8 nitrogen and oxygen atoms in total. The SMILES string of the molecule is O=C(O)[C@H](CCN(CCCCc1ccc2c(n1)NCCC2)C1CC1)Nc1ncc(C2CC2)cn1. The van der Waals surface area contributed by atoms with E-state index in [0.29, 0.717) is 24.3 Å². The van der Waals surface area contributed by atoms with Crippen molar-refractivity contribution in [1.82, 2.24) is 19.9 Å². The van der Waals surface area contributed by atoms with Gasteiger partial charge in [0.25, 0.3) is 0 Å². The molecule has 0 bridgehead atoms. The van der Waals surface area contributed by atoms with Crippen LogP contribution in [0.2, 0.25) is 0 Å². The molecule has 1 aliphatic heterocycles. The van der Waals surface area contributed by atoms with E-state index in [1.54, 1.807) is 0 Å². The molecule has 0 radical (unpaired) electrons. The molecule has 0 spiro atoms. The highest BCUT2D eigenvalue weighted by Gasteiger charge is 2.30. The maximum absolute atomic E-state index is 11.9. The van der Waals surface area contributed by atoms with Gasteiger partial charge in [-0.05, 0) is 93.9 Å². The minimum atomic E-state index is -0.849. The van der Waals surface area contributed by atoms with Gasteiger partial charge in [-0.1, -0.05) is 6.07 Å². The second kappa shape index (κ2) is 10.7. The summed E-state index contributed by atoms with van der Waals surface area (Å²) in [5.74, 6) is 1.22.